The summed E-state index contributed by atoms with van der Waals surface area (Å²) in [5.41, 5.74) is 0. The van der Waals surface area contributed by atoms with Crippen LogP contribution >= 0.6 is 0 Å². The third-order valence-electron chi connectivity index (χ3n) is 2.25. The molecule has 0 heterocycles. The number of unbranched alkanes of at least 4 members (excludes halogenated alkanes) is 4. The van der Waals surface area contributed by atoms with Crippen LogP contribution in [-0.2, 0) is 0 Å². The van der Waals surface area contributed by atoms with E-state index in [1.54, 1.807) is 6.20 Å². The fraction of sp³-hybridized carbons (Fsp3) is 0.833. The summed E-state index contributed by atoms with van der Waals surface area (Å²) in [5, 5.41) is 3.12. The lowest BCUT2D eigenvalue weighted by atomic mass is 10.0. The minimum Gasteiger partial charge on any atom is -0.391 e. The Labute approximate surface area is 83.6 Å². The molecule has 0 aromatic heterocycles. The highest BCUT2D eigenvalue weighted by Gasteiger charge is 1.93. The van der Waals surface area contributed by atoms with E-state index in [9.17, 15) is 0 Å². The molecule has 0 rings (SSSR count). The minimum atomic E-state index is 0.877. The fourth-order valence-electron chi connectivity index (χ4n) is 1.41. The summed E-state index contributed by atoms with van der Waals surface area (Å²) < 4.78 is 0. The zero-order valence-electron chi connectivity index (χ0n) is 9.31. The molecule has 0 unspecified atom stereocenters. The first-order valence-corrected chi connectivity index (χ1v) is 5.61. The minimum absolute atomic E-state index is 0.877. The standard InChI is InChI=1S/C12H25N/c1-4-13-11-9-7-5-6-8-10-12(2)3/h4,12-13H,1,5-11H2,2-3H3. The summed E-state index contributed by atoms with van der Waals surface area (Å²) in [6, 6.07) is 0. The summed E-state index contributed by atoms with van der Waals surface area (Å²) in [5.74, 6) is 0.877. The van der Waals surface area contributed by atoms with Gasteiger partial charge in [-0.1, -0.05) is 52.5 Å². The third kappa shape index (κ3) is 11.5. The van der Waals surface area contributed by atoms with Crippen LogP contribution in [0.3, 0.4) is 0 Å². The summed E-state index contributed by atoms with van der Waals surface area (Å²) in [6.07, 6.45) is 10.0. The lowest BCUT2D eigenvalue weighted by Crippen LogP contribution is -2.05. The Kier molecular flexibility index (Phi) is 9.29. The Morgan fingerprint density at radius 2 is 1.69 bits per heavy atom. The molecule has 0 spiro atoms. The van der Waals surface area contributed by atoms with E-state index in [1.165, 1.54) is 38.5 Å². The molecule has 0 fully saturated rings. The second kappa shape index (κ2) is 9.63. The van der Waals surface area contributed by atoms with Crippen molar-refractivity contribution in [1.82, 2.24) is 5.32 Å². The molecule has 0 saturated heterocycles. The maximum atomic E-state index is 3.62. The molecule has 0 saturated carbocycles. The normalized spacial score (nSPS) is 10.4. The number of hydrogen-bond donors (Lipinski definition) is 1. The van der Waals surface area contributed by atoms with Crippen LogP contribution in [-0.4, -0.2) is 6.54 Å². The van der Waals surface area contributed by atoms with E-state index in [0.29, 0.717) is 0 Å². The summed E-state index contributed by atoms with van der Waals surface area (Å²) >= 11 is 0. The van der Waals surface area contributed by atoms with Gasteiger partial charge in [0.2, 0.25) is 0 Å². The molecule has 0 amide bonds. The first-order chi connectivity index (χ1) is 6.27. The van der Waals surface area contributed by atoms with Gasteiger partial charge in [-0.15, -0.1) is 0 Å². The highest BCUT2D eigenvalue weighted by Crippen LogP contribution is 2.09. The van der Waals surface area contributed by atoms with Gasteiger partial charge in [0, 0.05) is 6.54 Å². The van der Waals surface area contributed by atoms with Gasteiger partial charge in [0.05, 0.1) is 0 Å². The van der Waals surface area contributed by atoms with E-state index >= 15 is 0 Å². The molecule has 0 radical (unpaired) electrons. The van der Waals surface area contributed by atoms with Gasteiger partial charge in [-0.25, -0.2) is 0 Å². The van der Waals surface area contributed by atoms with Gasteiger partial charge in [-0.3, -0.25) is 0 Å². The number of nitrogens with one attached hydrogen (secondary N) is 1. The van der Waals surface area contributed by atoms with E-state index < -0.39 is 0 Å². The smallest absolute Gasteiger partial charge is 0.0141 e. The monoisotopic (exact) mass is 183 g/mol. The van der Waals surface area contributed by atoms with Gasteiger partial charge in [0.15, 0.2) is 0 Å². The quantitative estimate of drug-likeness (QED) is 0.537. The molecule has 13 heavy (non-hydrogen) atoms. The van der Waals surface area contributed by atoms with Crippen LogP contribution in [0.4, 0.5) is 0 Å². The molecule has 0 aliphatic heterocycles. The average Bonchev–Trinajstić information content (AvgIpc) is 2.09. The van der Waals surface area contributed by atoms with E-state index in [2.05, 4.69) is 25.7 Å². The van der Waals surface area contributed by atoms with Gasteiger partial charge in [-0.05, 0) is 18.5 Å². The molecule has 0 aliphatic rings. The van der Waals surface area contributed by atoms with Crippen molar-refractivity contribution in [3.05, 3.63) is 12.8 Å². The molecule has 0 aliphatic carbocycles. The van der Waals surface area contributed by atoms with Crippen LogP contribution < -0.4 is 5.32 Å². The van der Waals surface area contributed by atoms with Crippen molar-refractivity contribution in [2.75, 3.05) is 6.54 Å². The van der Waals surface area contributed by atoms with Gasteiger partial charge in [0.25, 0.3) is 0 Å². The maximum Gasteiger partial charge on any atom is 0.0141 e. The van der Waals surface area contributed by atoms with E-state index in [-0.39, 0.29) is 0 Å². The van der Waals surface area contributed by atoms with Gasteiger partial charge < -0.3 is 5.32 Å². The van der Waals surface area contributed by atoms with Crippen molar-refractivity contribution in [1.29, 1.82) is 0 Å². The molecule has 1 heteroatoms. The van der Waals surface area contributed by atoms with Crippen molar-refractivity contribution >= 4 is 0 Å². The highest BCUT2D eigenvalue weighted by molar-refractivity contribution is 4.62. The first kappa shape index (κ1) is 12.5. The zero-order chi connectivity index (χ0) is 9.94. The van der Waals surface area contributed by atoms with Gasteiger partial charge in [-0.2, -0.15) is 0 Å². The van der Waals surface area contributed by atoms with Crippen molar-refractivity contribution < 1.29 is 0 Å². The van der Waals surface area contributed by atoms with Crippen molar-refractivity contribution in [2.45, 2.75) is 52.4 Å². The number of hydrogen-bond acceptors (Lipinski definition) is 1. The van der Waals surface area contributed by atoms with Gasteiger partial charge in [0.1, 0.15) is 0 Å². The van der Waals surface area contributed by atoms with Crippen LogP contribution in [0.1, 0.15) is 52.4 Å². The molecule has 0 bridgehead atoms. The maximum absolute atomic E-state index is 3.62. The SMILES string of the molecule is C=CNCCCCCCCC(C)C. The van der Waals surface area contributed by atoms with Crippen LogP contribution in [0.2, 0.25) is 0 Å². The Hall–Kier alpha value is -0.460. The van der Waals surface area contributed by atoms with E-state index in [0.717, 1.165) is 12.5 Å². The Balaban J connectivity index is 2.87. The summed E-state index contributed by atoms with van der Waals surface area (Å²) in [6.45, 7) is 9.31. The molecular formula is C12H25N. The summed E-state index contributed by atoms with van der Waals surface area (Å²) in [4.78, 5) is 0. The molecule has 0 aromatic carbocycles. The molecule has 1 nitrogen and oxygen atoms in total. The van der Waals surface area contributed by atoms with Crippen LogP contribution in [0.15, 0.2) is 12.8 Å². The number of rotatable bonds is 9. The molecular weight excluding hydrogens is 158 g/mol. The van der Waals surface area contributed by atoms with Crippen molar-refractivity contribution in [3.63, 3.8) is 0 Å². The molecule has 1 N–H and O–H groups in total. The van der Waals surface area contributed by atoms with Gasteiger partial charge >= 0.3 is 0 Å². The van der Waals surface area contributed by atoms with Crippen molar-refractivity contribution in [3.8, 4) is 0 Å². The first-order valence-electron chi connectivity index (χ1n) is 5.61. The topological polar surface area (TPSA) is 12.0 Å². The largest absolute Gasteiger partial charge is 0.391 e. The van der Waals surface area contributed by atoms with E-state index in [4.69, 9.17) is 0 Å². The molecule has 78 valence electrons. The van der Waals surface area contributed by atoms with Crippen molar-refractivity contribution in [2.24, 2.45) is 5.92 Å². The fourth-order valence-corrected chi connectivity index (χ4v) is 1.41. The highest BCUT2D eigenvalue weighted by atomic mass is 14.8. The Morgan fingerprint density at radius 1 is 1.08 bits per heavy atom. The Morgan fingerprint density at radius 3 is 2.31 bits per heavy atom. The second-order valence-electron chi connectivity index (χ2n) is 4.11. The second-order valence-corrected chi connectivity index (χ2v) is 4.11. The lowest BCUT2D eigenvalue weighted by Gasteiger charge is -2.04. The summed E-state index contributed by atoms with van der Waals surface area (Å²) in [7, 11) is 0. The van der Waals surface area contributed by atoms with Crippen LogP contribution in [0.5, 0.6) is 0 Å². The molecule has 0 aromatic rings. The van der Waals surface area contributed by atoms with E-state index in [1.807, 2.05) is 0 Å². The predicted molar refractivity (Wildman–Crippen MR) is 60.7 cm³/mol. The Bertz CT molecular complexity index is 108. The lowest BCUT2D eigenvalue weighted by molar-refractivity contribution is 0.514. The van der Waals surface area contributed by atoms with Crippen LogP contribution in [0, 0.1) is 5.92 Å². The third-order valence-corrected chi connectivity index (χ3v) is 2.25. The molecule has 0 atom stereocenters. The predicted octanol–water partition coefficient (Wildman–Crippen LogP) is 3.72. The zero-order valence-corrected chi connectivity index (χ0v) is 9.31. The van der Waals surface area contributed by atoms with Crippen LogP contribution in [0.25, 0.3) is 0 Å². The average molecular weight is 183 g/mol.